The van der Waals surface area contributed by atoms with E-state index in [-0.39, 0.29) is 5.91 Å². The summed E-state index contributed by atoms with van der Waals surface area (Å²) in [7, 11) is 3.45. The van der Waals surface area contributed by atoms with E-state index in [1.54, 1.807) is 30.8 Å². The number of nitrogens with zero attached hydrogens (tertiary/aromatic N) is 1. The molecule has 0 spiro atoms. The number of hydrogen-bond donors (Lipinski definition) is 0. The van der Waals surface area contributed by atoms with E-state index >= 15 is 0 Å². The lowest BCUT2D eigenvalue weighted by atomic mass is 10.2. The number of benzene rings is 2. The van der Waals surface area contributed by atoms with Gasteiger partial charge < -0.3 is 9.64 Å². The van der Waals surface area contributed by atoms with Crippen LogP contribution >= 0.6 is 23.4 Å². The van der Waals surface area contributed by atoms with Gasteiger partial charge in [0.2, 0.25) is 5.91 Å². The van der Waals surface area contributed by atoms with Gasteiger partial charge >= 0.3 is 0 Å². The molecule has 122 valence electrons. The van der Waals surface area contributed by atoms with Gasteiger partial charge in [-0.15, -0.1) is 23.4 Å². The zero-order chi connectivity index (χ0) is 16.7. The van der Waals surface area contributed by atoms with Crippen LogP contribution in [0.5, 0.6) is 5.75 Å². The first-order valence-corrected chi connectivity index (χ1v) is 8.85. The normalized spacial score (nSPS) is 10.4. The highest BCUT2D eigenvalue weighted by atomic mass is 35.5. The van der Waals surface area contributed by atoms with Crippen molar-refractivity contribution in [3.8, 4) is 5.75 Å². The molecule has 0 bridgehead atoms. The number of anilines is 1. The zero-order valence-electron chi connectivity index (χ0n) is 13.3. The number of alkyl halides is 1. The Balaban J connectivity index is 2.09. The van der Waals surface area contributed by atoms with Gasteiger partial charge in [0.15, 0.2) is 0 Å². The van der Waals surface area contributed by atoms with Crippen LogP contribution in [-0.2, 0) is 10.5 Å². The van der Waals surface area contributed by atoms with Gasteiger partial charge in [0.1, 0.15) is 5.75 Å². The number of hydrogen-bond acceptors (Lipinski definition) is 3. The van der Waals surface area contributed by atoms with Crippen LogP contribution in [0, 0.1) is 0 Å². The third-order valence-electron chi connectivity index (χ3n) is 3.46. The smallest absolute Gasteiger partial charge is 0.227 e. The first-order chi connectivity index (χ1) is 11.2. The van der Waals surface area contributed by atoms with Crippen molar-refractivity contribution in [3.63, 3.8) is 0 Å². The Morgan fingerprint density at radius 2 is 1.87 bits per heavy atom. The fourth-order valence-electron chi connectivity index (χ4n) is 2.12. The molecule has 0 saturated heterocycles. The van der Waals surface area contributed by atoms with E-state index in [0.29, 0.717) is 12.3 Å². The van der Waals surface area contributed by atoms with Gasteiger partial charge in [-0.05, 0) is 29.8 Å². The lowest BCUT2D eigenvalue weighted by Crippen LogP contribution is -2.26. The van der Waals surface area contributed by atoms with E-state index in [1.807, 2.05) is 36.4 Å². The minimum Gasteiger partial charge on any atom is -0.497 e. The number of ether oxygens (including phenoxy) is 1. The molecule has 0 saturated carbocycles. The highest BCUT2D eigenvalue weighted by Gasteiger charge is 2.14. The second kappa shape index (κ2) is 8.85. The largest absolute Gasteiger partial charge is 0.497 e. The molecule has 2 aromatic rings. The van der Waals surface area contributed by atoms with Gasteiger partial charge in [-0.1, -0.05) is 24.3 Å². The number of thioether (sulfide) groups is 1. The van der Waals surface area contributed by atoms with E-state index in [4.69, 9.17) is 16.3 Å². The number of carbonyl (C=O) groups is 1. The molecule has 23 heavy (non-hydrogen) atoms. The first-order valence-electron chi connectivity index (χ1n) is 7.33. The van der Waals surface area contributed by atoms with Gasteiger partial charge in [0.25, 0.3) is 0 Å². The highest BCUT2D eigenvalue weighted by Crippen LogP contribution is 2.32. The molecule has 0 N–H and O–H groups in total. The Hall–Kier alpha value is -1.65. The molecule has 0 atom stereocenters. The highest BCUT2D eigenvalue weighted by molar-refractivity contribution is 7.98. The van der Waals surface area contributed by atoms with Gasteiger partial charge in [-0.3, -0.25) is 4.79 Å². The quantitative estimate of drug-likeness (QED) is 0.541. The molecule has 2 aromatic carbocycles. The van der Waals surface area contributed by atoms with Crippen LogP contribution in [-0.4, -0.2) is 25.9 Å². The van der Waals surface area contributed by atoms with Crippen LogP contribution in [0.15, 0.2) is 53.4 Å². The first kappa shape index (κ1) is 17.7. The maximum atomic E-state index is 12.1. The molecule has 3 nitrogen and oxygen atoms in total. The Labute approximate surface area is 146 Å². The van der Waals surface area contributed by atoms with Crippen LogP contribution in [0.4, 0.5) is 5.69 Å². The van der Waals surface area contributed by atoms with Crippen molar-refractivity contribution in [2.24, 2.45) is 0 Å². The fourth-order valence-corrected chi connectivity index (χ4v) is 3.33. The molecule has 0 unspecified atom stereocenters. The van der Waals surface area contributed by atoms with Gasteiger partial charge in [-0.25, -0.2) is 0 Å². The summed E-state index contributed by atoms with van der Waals surface area (Å²) in [5.41, 5.74) is 2.13. The Bertz CT molecular complexity index is 646. The maximum absolute atomic E-state index is 12.1. The van der Waals surface area contributed by atoms with Crippen LogP contribution in [0.1, 0.15) is 12.0 Å². The third kappa shape index (κ3) is 4.91. The predicted octanol–water partition coefficient (Wildman–Crippen LogP) is 4.58. The number of carbonyl (C=O) groups excluding carboxylic acids is 1. The van der Waals surface area contributed by atoms with Crippen molar-refractivity contribution in [1.29, 1.82) is 0 Å². The number of halogens is 1. The molecular formula is C18H20ClNO2S. The van der Waals surface area contributed by atoms with Crippen molar-refractivity contribution in [2.75, 3.05) is 24.9 Å². The predicted molar refractivity (Wildman–Crippen MR) is 97.7 cm³/mol. The van der Waals surface area contributed by atoms with Crippen molar-refractivity contribution in [2.45, 2.75) is 17.1 Å². The summed E-state index contributed by atoms with van der Waals surface area (Å²) >= 11 is 7.38. The number of amides is 1. The van der Waals surface area contributed by atoms with E-state index in [1.165, 1.54) is 5.56 Å². The molecule has 0 heterocycles. The minimum atomic E-state index is 0.0255. The van der Waals surface area contributed by atoms with Crippen LogP contribution in [0.3, 0.4) is 0 Å². The molecule has 1 amide bonds. The topological polar surface area (TPSA) is 29.5 Å². The summed E-state index contributed by atoms with van der Waals surface area (Å²) in [4.78, 5) is 14.8. The monoisotopic (exact) mass is 349 g/mol. The van der Waals surface area contributed by atoms with Crippen LogP contribution in [0.2, 0.25) is 0 Å². The van der Waals surface area contributed by atoms with Crippen LogP contribution < -0.4 is 9.64 Å². The Morgan fingerprint density at radius 1 is 1.17 bits per heavy atom. The van der Waals surface area contributed by atoms with Gasteiger partial charge in [0, 0.05) is 30.0 Å². The Kier molecular flexibility index (Phi) is 6.81. The summed E-state index contributed by atoms with van der Waals surface area (Å²) in [5, 5.41) is 0. The van der Waals surface area contributed by atoms with E-state index in [9.17, 15) is 4.79 Å². The molecule has 2 rings (SSSR count). The standard InChI is InChI=1S/C18H20ClNO2S/c1-20(18(21)11-12-19)16-5-3-4-6-17(16)23-13-14-7-9-15(22-2)10-8-14/h3-10H,11-13H2,1-2H3. The van der Waals surface area contributed by atoms with Crippen molar-refractivity contribution < 1.29 is 9.53 Å². The maximum Gasteiger partial charge on any atom is 0.227 e. The van der Waals surface area contributed by atoms with Crippen molar-refractivity contribution >= 4 is 35.0 Å². The molecule has 0 radical (unpaired) electrons. The molecule has 0 aliphatic heterocycles. The van der Waals surface area contributed by atoms with Crippen LogP contribution in [0.25, 0.3) is 0 Å². The molecule has 0 fully saturated rings. The number of rotatable bonds is 7. The zero-order valence-corrected chi connectivity index (χ0v) is 14.9. The summed E-state index contributed by atoms with van der Waals surface area (Å²) in [6.45, 7) is 0. The Morgan fingerprint density at radius 3 is 2.52 bits per heavy atom. The third-order valence-corrected chi connectivity index (χ3v) is 4.79. The summed E-state index contributed by atoms with van der Waals surface area (Å²) in [5.74, 6) is 2.05. The fraction of sp³-hybridized carbons (Fsp3) is 0.278. The lowest BCUT2D eigenvalue weighted by molar-refractivity contribution is -0.117. The van der Waals surface area contributed by atoms with E-state index < -0.39 is 0 Å². The van der Waals surface area contributed by atoms with Crippen molar-refractivity contribution in [1.82, 2.24) is 0 Å². The number of methoxy groups -OCH3 is 1. The molecule has 0 aliphatic rings. The second-order valence-corrected chi connectivity index (χ2v) is 6.39. The molecule has 0 aliphatic carbocycles. The SMILES string of the molecule is COc1ccc(CSc2ccccc2N(C)C(=O)CCCl)cc1. The van der Waals surface area contributed by atoms with Gasteiger partial charge in [0.05, 0.1) is 12.8 Å². The molecular weight excluding hydrogens is 330 g/mol. The van der Waals surface area contributed by atoms with E-state index in [0.717, 1.165) is 22.1 Å². The number of para-hydroxylation sites is 1. The van der Waals surface area contributed by atoms with E-state index in [2.05, 4.69) is 12.1 Å². The minimum absolute atomic E-state index is 0.0255. The second-order valence-electron chi connectivity index (χ2n) is 5.00. The van der Waals surface area contributed by atoms with Crippen molar-refractivity contribution in [3.05, 3.63) is 54.1 Å². The lowest BCUT2D eigenvalue weighted by Gasteiger charge is -2.20. The molecule has 0 aromatic heterocycles. The summed E-state index contributed by atoms with van der Waals surface area (Å²) < 4.78 is 5.17. The molecule has 5 heteroatoms. The van der Waals surface area contributed by atoms with Gasteiger partial charge in [-0.2, -0.15) is 0 Å². The summed E-state index contributed by atoms with van der Waals surface area (Å²) in [6.07, 6.45) is 0.343. The average molecular weight is 350 g/mol. The average Bonchev–Trinajstić information content (AvgIpc) is 2.60. The summed E-state index contributed by atoms with van der Waals surface area (Å²) in [6, 6.07) is 15.9.